The molecule has 0 unspecified atom stereocenters. The van der Waals surface area contributed by atoms with Crippen LogP contribution in [0.4, 0.5) is 0 Å². The van der Waals surface area contributed by atoms with Crippen LogP contribution in [0.5, 0.6) is 11.5 Å². The lowest BCUT2D eigenvalue weighted by atomic mass is 10.2. The van der Waals surface area contributed by atoms with Gasteiger partial charge in [0.1, 0.15) is 12.7 Å². The van der Waals surface area contributed by atoms with Gasteiger partial charge in [0.15, 0.2) is 11.5 Å². The highest BCUT2D eigenvalue weighted by Gasteiger charge is 2.21. The van der Waals surface area contributed by atoms with Crippen LogP contribution in [-0.2, 0) is 10.2 Å². The van der Waals surface area contributed by atoms with Gasteiger partial charge in [0.25, 0.3) is 10.2 Å². The molecule has 2 rings (SSSR count). The summed E-state index contributed by atoms with van der Waals surface area (Å²) in [4.78, 5) is 0. The highest BCUT2D eigenvalue weighted by Crippen LogP contribution is 2.30. The van der Waals surface area contributed by atoms with Crippen molar-refractivity contribution in [2.45, 2.75) is 6.10 Å². The van der Waals surface area contributed by atoms with Crippen LogP contribution in [0.15, 0.2) is 24.3 Å². The maximum absolute atomic E-state index is 10.7. The molecule has 0 radical (unpaired) electrons. The van der Waals surface area contributed by atoms with Gasteiger partial charge in [0.2, 0.25) is 0 Å². The van der Waals surface area contributed by atoms with Gasteiger partial charge in [0.05, 0.1) is 6.54 Å². The van der Waals surface area contributed by atoms with E-state index in [0.717, 1.165) is 0 Å². The summed E-state index contributed by atoms with van der Waals surface area (Å²) in [5.74, 6) is 1.27. The van der Waals surface area contributed by atoms with Crippen LogP contribution >= 0.6 is 13.5 Å². The first-order valence-electron chi connectivity index (χ1n) is 4.70. The maximum Gasteiger partial charge on any atom is 0.274 e. The van der Waals surface area contributed by atoms with Crippen LogP contribution in [0.2, 0.25) is 0 Å². The van der Waals surface area contributed by atoms with Crippen molar-refractivity contribution in [3.8, 4) is 11.5 Å². The molecule has 1 aromatic carbocycles. The normalized spacial score (nSPS) is 18.3. The quantitative estimate of drug-likeness (QED) is 0.796. The molecule has 0 fully saturated rings. The molecule has 8 heteroatoms. The monoisotopic (exact) mass is 278 g/mol. The Bertz CT molecular complexity index is 478. The van der Waals surface area contributed by atoms with E-state index in [1.165, 1.54) is 0 Å². The molecule has 0 spiro atoms. The predicted molar refractivity (Wildman–Crippen MR) is 67.8 cm³/mol. The molecule has 17 heavy (non-hydrogen) atoms. The van der Waals surface area contributed by atoms with Crippen molar-refractivity contribution in [3.63, 3.8) is 0 Å². The number of nitrogens with two attached hydrogens (primary N) is 1. The number of hydrogen-bond donors (Lipinski definition) is 2. The highest BCUT2D eigenvalue weighted by atomic mass is 32.2. The summed E-state index contributed by atoms with van der Waals surface area (Å²) in [7, 11) is -3.69. The first-order chi connectivity index (χ1) is 7.54. The molecule has 1 aromatic rings. The fraction of sp³-hybridized carbons (Fsp3) is 0.333. The van der Waals surface area contributed by atoms with Crippen molar-refractivity contribution in [2.75, 3.05) is 13.2 Å². The lowest BCUT2D eigenvalue weighted by Gasteiger charge is -2.26. The molecule has 1 atom stereocenters. The molecule has 0 saturated heterocycles. The molecule has 96 valence electrons. The topological polar surface area (TPSA) is 90.7 Å². The third kappa shape index (κ3) is 4.08. The molecule has 1 heterocycles. The fourth-order valence-electron chi connectivity index (χ4n) is 1.37. The van der Waals surface area contributed by atoms with Crippen LogP contribution < -0.4 is 19.3 Å². The Labute approximate surface area is 107 Å². The third-order valence-corrected chi connectivity index (χ3v) is 2.65. The van der Waals surface area contributed by atoms with Crippen molar-refractivity contribution in [1.82, 2.24) is 4.72 Å². The second-order valence-corrected chi connectivity index (χ2v) is 4.77. The van der Waals surface area contributed by atoms with Gasteiger partial charge in [-0.15, -0.1) is 0 Å². The van der Waals surface area contributed by atoms with Gasteiger partial charge in [-0.2, -0.15) is 26.6 Å². The van der Waals surface area contributed by atoms with Crippen LogP contribution in [0.25, 0.3) is 0 Å². The minimum absolute atomic E-state index is 0. The summed E-state index contributed by atoms with van der Waals surface area (Å²) in [6.45, 7) is 0.382. The fourth-order valence-corrected chi connectivity index (χ4v) is 1.79. The van der Waals surface area contributed by atoms with Gasteiger partial charge in [-0.25, -0.2) is 5.14 Å². The standard InChI is InChI=1S/C9H12N2O4S.H2S/c10-16(12,13)11-5-7-6-14-8-3-1-2-4-9(8)15-7;/h1-4,7,11H,5-6H2,(H2,10,12,13);1H2/t7-;/m0./s1. The molecule has 0 saturated carbocycles. The Morgan fingerprint density at radius 1 is 1.35 bits per heavy atom. The second-order valence-electron chi connectivity index (χ2n) is 3.39. The van der Waals surface area contributed by atoms with Gasteiger partial charge in [-0.1, -0.05) is 12.1 Å². The average molecular weight is 278 g/mol. The van der Waals surface area contributed by atoms with E-state index in [0.29, 0.717) is 18.1 Å². The van der Waals surface area contributed by atoms with Crippen LogP contribution in [-0.4, -0.2) is 27.7 Å². The number of ether oxygens (including phenoxy) is 2. The van der Waals surface area contributed by atoms with E-state index in [2.05, 4.69) is 4.72 Å². The van der Waals surface area contributed by atoms with Crippen molar-refractivity contribution >= 4 is 23.7 Å². The molecule has 0 amide bonds. The maximum atomic E-state index is 10.7. The molecule has 3 N–H and O–H groups in total. The van der Waals surface area contributed by atoms with Crippen molar-refractivity contribution in [3.05, 3.63) is 24.3 Å². The molecular formula is C9H14N2O4S2. The summed E-state index contributed by atoms with van der Waals surface area (Å²) < 4.78 is 34.5. The summed E-state index contributed by atoms with van der Waals surface area (Å²) >= 11 is 0. The first kappa shape index (κ1) is 14.1. The van der Waals surface area contributed by atoms with E-state index in [1.807, 2.05) is 12.1 Å². The Balaban J connectivity index is 0.00000144. The zero-order chi connectivity index (χ0) is 11.6. The Morgan fingerprint density at radius 2 is 2.00 bits per heavy atom. The molecule has 0 aromatic heterocycles. The van der Waals surface area contributed by atoms with Gasteiger partial charge >= 0.3 is 0 Å². The minimum atomic E-state index is -3.69. The van der Waals surface area contributed by atoms with E-state index >= 15 is 0 Å². The van der Waals surface area contributed by atoms with Crippen LogP contribution in [0.1, 0.15) is 0 Å². The Kier molecular flexibility index (Phi) is 4.63. The molecule has 1 aliphatic rings. The SMILES string of the molecule is NS(=O)(=O)NC[C@H]1COc2ccccc2O1.S. The molecule has 1 aliphatic heterocycles. The number of benzene rings is 1. The predicted octanol–water partition coefficient (Wildman–Crippen LogP) is -0.268. The zero-order valence-electron chi connectivity index (χ0n) is 8.92. The van der Waals surface area contributed by atoms with Gasteiger partial charge in [-0.3, -0.25) is 0 Å². The molecular weight excluding hydrogens is 264 g/mol. The zero-order valence-corrected chi connectivity index (χ0v) is 10.7. The summed E-state index contributed by atoms with van der Waals surface area (Å²) in [5.41, 5.74) is 0. The lowest BCUT2D eigenvalue weighted by Crippen LogP contribution is -2.42. The minimum Gasteiger partial charge on any atom is -0.486 e. The first-order valence-corrected chi connectivity index (χ1v) is 6.25. The Hall–Kier alpha value is -0.960. The number of rotatable bonds is 3. The highest BCUT2D eigenvalue weighted by molar-refractivity contribution is 7.87. The van der Waals surface area contributed by atoms with E-state index in [1.54, 1.807) is 12.1 Å². The van der Waals surface area contributed by atoms with E-state index in [4.69, 9.17) is 14.6 Å². The third-order valence-electron chi connectivity index (χ3n) is 2.08. The number of nitrogens with one attached hydrogen (secondary N) is 1. The van der Waals surface area contributed by atoms with Crippen LogP contribution in [0.3, 0.4) is 0 Å². The van der Waals surface area contributed by atoms with E-state index in [9.17, 15) is 8.42 Å². The number of para-hydroxylation sites is 2. The lowest BCUT2D eigenvalue weighted by molar-refractivity contribution is 0.0943. The molecule has 6 nitrogen and oxygen atoms in total. The average Bonchev–Trinajstić information content (AvgIpc) is 2.25. The Morgan fingerprint density at radius 3 is 2.65 bits per heavy atom. The van der Waals surface area contributed by atoms with Crippen LogP contribution in [0, 0.1) is 0 Å². The van der Waals surface area contributed by atoms with Crippen molar-refractivity contribution in [2.24, 2.45) is 5.14 Å². The molecule has 0 bridgehead atoms. The van der Waals surface area contributed by atoms with E-state index in [-0.39, 0.29) is 26.1 Å². The van der Waals surface area contributed by atoms with Crippen molar-refractivity contribution in [1.29, 1.82) is 0 Å². The summed E-state index contributed by atoms with van der Waals surface area (Å²) in [5, 5.41) is 4.81. The number of hydrogen-bond acceptors (Lipinski definition) is 4. The van der Waals surface area contributed by atoms with Gasteiger partial charge < -0.3 is 9.47 Å². The smallest absolute Gasteiger partial charge is 0.274 e. The summed E-state index contributed by atoms with van der Waals surface area (Å²) in [6, 6.07) is 7.21. The number of fused-ring (bicyclic) bond motifs is 1. The second kappa shape index (κ2) is 5.58. The van der Waals surface area contributed by atoms with Gasteiger partial charge in [-0.05, 0) is 12.1 Å². The van der Waals surface area contributed by atoms with Crippen molar-refractivity contribution < 1.29 is 17.9 Å². The largest absolute Gasteiger partial charge is 0.486 e. The summed E-state index contributed by atoms with van der Waals surface area (Å²) in [6.07, 6.45) is -0.367. The van der Waals surface area contributed by atoms with E-state index < -0.39 is 10.2 Å². The molecule has 0 aliphatic carbocycles. The van der Waals surface area contributed by atoms with Gasteiger partial charge in [0, 0.05) is 0 Å².